The maximum Gasteiger partial charge on any atom is 0.322 e. The van der Waals surface area contributed by atoms with Crippen molar-refractivity contribution in [3.63, 3.8) is 0 Å². The average molecular weight is 532 g/mol. The highest BCUT2D eigenvalue weighted by molar-refractivity contribution is 6.02. The molecule has 0 bridgehead atoms. The van der Waals surface area contributed by atoms with Crippen LogP contribution >= 0.6 is 0 Å². The molecule has 3 atom stereocenters. The molecule has 39 heavy (non-hydrogen) atoms. The Morgan fingerprint density at radius 2 is 1.62 bits per heavy atom. The zero-order valence-electron chi connectivity index (χ0n) is 22.6. The Morgan fingerprint density at radius 1 is 0.923 bits per heavy atom. The van der Waals surface area contributed by atoms with Gasteiger partial charge in [0.25, 0.3) is 5.91 Å². The SMILES string of the molecule is CC(C)CC(NC(=O)c1ccc(N2CCCC2)cc1)C(=O)N1CCC2C1C(=O)CN2C(=O)Nc1ccccc1. The Morgan fingerprint density at radius 3 is 2.28 bits per heavy atom. The zero-order chi connectivity index (χ0) is 27.5. The number of hydrogen-bond donors (Lipinski definition) is 2. The Kier molecular flexibility index (Phi) is 7.86. The van der Waals surface area contributed by atoms with E-state index in [-0.39, 0.29) is 42.1 Å². The number of likely N-dealkylation sites (tertiary alicyclic amines) is 2. The van der Waals surface area contributed by atoms with Crippen molar-refractivity contribution in [3.8, 4) is 0 Å². The predicted octanol–water partition coefficient (Wildman–Crippen LogP) is 3.52. The number of nitrogens with one attached hydrogen (secondary N) is 2. The van der Waals surface area contributed by atoms with Crippen LogP contribution < -0.4 is 15.5 Å². The van der Waals surface area contributed by atoms with Gasteiger partial charge in [0.05, 0.1) is 12.6 Å². The molecule has 5 rings (SSSR count). The van der Waals surface area contributed by atoms with Crippen molar-refractivity contribution >= 4 is 35.0 Å². The Bertz CT molecular complexity index is 1210. The number of para-hydroxylation sites is 1. The van der Waals surface area contributed by atoms with E-state index in [1.807, 2.05) is 44.2 Å². The smallest absolute Gasteiger partial charge is 0.322 e. The molecule has 2 N–H and O–H groups in total. The van der Waals surface area contributed by atoms with Crippen molar-refractivity contribution in [3.05, 3.63) is 60.2 Å². The highest BCUT2D eigenvalue weighted by Crippen LogP contribution is 2.31. The first kappa shape index (κ1) is 26.7. The van der Waals surface area contributed by atoms with E-state index in [1.54, 1.807) is 29.2 Å². The van der Waals surface area contributed by atoms with E-state index in [0.717, 1.165) is 18.8 Å². The first-order valence-electron chi connectivity index (χ1n) is 13.9. The van der Waals surface area contributed by atoms with Crippen molar-refractivity contribution in [2.24, 2.45) is 5.92 Å². The summed E-state index contributed by atoms with van der Waals surface area (Å²) in [4.78, 5) is 58.4. The maximum atomic E-state index is 13.8. The Balaban J connectivity index is 1.26. The Hall–Kier alpha value is -3.88. The summed E-state index contributed by atoms with van der Waals surface area (Å²) in [5.74, 6) is -0.569. The molecule has 3 aliphatic rings. The second kappa shape index (κ2) is 11.5. The first-order valence-corrected chi connectivity index (χ1v) is 13.9. The van der Waals surface area contributed by atoms with Gasteiger partial charge in [0.15, 0.2) is 5.78 Å². The van der Waals surface area contributed by atoms with Crippen LogP contribution in [0.25, 0.3) is 0 Å². The molecule has 0 saturated carbocycles. The standard InChI is InChI=1S/C30H37N5O4/c1-20(2)18-24(32-28(37)21-10-12-23(13-11-21)33-15-6-7-16-33)29(38)34-17-14-25-27(34)26(36)19-35(25)30(39)31-22-8-4-3-5-9-22/h3-5,8-13,20,24-25,27H,6-7,14-19H2,1-2H3,(H,31,39)(H,32,37). The van der Waals surface area contributed by atoms with E-state index >= 15 is 0 Å². The van der Waals surface area contributed by atoms with Crippen LogP contribution in [0.15, 0.2) is 54.6 Å². The summed E-state index contributed by atoms with van der Waals surface area (Å²) in [5, 5.41) is 5.79. The summed E-state index contributed by atoms with van der Waals surface area (Å²) in [6.07, 6.45) is 3.33. The topological polar surface area (TPSA) is 102 Å². The molecular formula is C30H37N5O4. The number of Topliss-reactive ketones (excluding diaryl/α,β-unsaturated/α-hetero) is 1. The molecule has 3 heterocycles. The van der Waals surface area contributed by atoms with Gasteiger partial charge in [-0.2, -0.15) is 0 Å². The molecule has 3 aliphatic heterocycles. The molecule has 0 aliphatic carbocycles. The van der Waals surface area contributed by atoms with Gasteiger partial charge in [-0.1, -0.05) is 32.0 Å². The molecule has 0 radical (unpaired) electrons. The third-order valence-corrected chi connectivity index (χ3v) is 7.90. The molecule has 9 nitrogen and oxygen atoms in total. The molecule has 206 valence electrons. The van der Waals surface area contributed by atoms with Crippen molar-refractivity contribution in [2.45, 2.75) is 57.7 Å². The van der Waals surface area contributed by atoms with Gasteiger partial charge in [-0.25, -0.2) is 4.79 Å². The minimum absolute atomic E-state index is 0.0393. The van der Waals surface area contributed by atoms with Crippen molar-refractivity contribution in [1.29, 1.82) is 0 Å². The van der Waals surface area contributed by atoms with Crippen LogP contribution in [0.2, 0.25) is 0 Å². The van der Waals surface area contributed by atoms with Gasteiger partial charge in [0.1, 0.15) is 12.1 Å². The van der Waals surface area contributed by atoms with Crippen molar-refractivity contribution in [2.75, 3.05) is 36.4 Å². The summed E-state index contributed by atoms with van der Waals surface area (Å²) in [6.45, 7) is 6.38. The lowest BCUT2D eigenvalue weighted by atomic mass is 10.0. The molecule has 3 fully saturated rings. The molecule has 0 spiro atoms. The number of carbonyl (C=O) groups is 4. The highest BCUT2D eigenvalue weighted by Gasteiger charge is 2.52. The van der Waals surface area contributed by atoms with E-state index in [0.29, 0.717) is 30.6 Å². The minimum atomic E-state index is -0.755. The van der Waals surface area contributed by atoms with Gasteiger partial charge in [-0.3, -0.25) is 14.4 Å². The first-order chi connectivity index (χ1) is 18.8. The second-order valence-corrected chi connectivity index (χ2v) is 11.1. The highest BCUT2D eigenvalue weighted by atomic mass is 16.2. The number of carbonyl (C=O) groups excluding carboxylic acids is 4. The fourth-order valence-electron chi connectivity index (χ4n) is 5.99. The molecule has 9 heteroatoms. The maximum absolute atomic E-state index is 13.8. The van der Waals surface area contributed by atoms with Gasteiger partial charge in [0.2, 0.25) is 5.91 Å². The van der Waals surface area contributed by atoms with Gasteiger partial charge in [-0.15, -0.1) is 0 Å². The van der Waals surface area contributed by atoms with Crippen LogP contribution in [0.1, 0.15) is 49.9 Å². The van der Waals surface area contributed by atoms with Crippen LogP contribution in [0.5, 0.6) is 0 Å². The minimum Gasteiger partial charge on any atom is -0.372 e. The van der Waals surface area contributed by atoms with E-state index < -0.39 is 12.1 Å². The largest absolute Gasteiger partial charge is 0.372 e. The molecule has 3 unspecified atom stereocenters. The lowest BCUT2D eigenvalue weighted by Crippen LogP contribution is -2.53. The number of urea groups is 1. The monoisotopic (exact) mass is 531 g/mol. The Labute approximate surface area is 229 Å². The number of fused-ring (bicyclic) bond motifs is 1. The summed E-state index contributed by atoms with van der Waals surface area (Å²) in [5.41, 5.74) is 2.25. The summed E-state index contributed by atoms with van der Waals surface area (Å²) >= 11 is 0. The summed E-state index contributed by atoms with van der Waals surface area (Å²) in [7, 11) is 0. The lowest BCUT2D eigenvalue weighted by Gasteiger charge is -2.29. The molecule has 4 amide bonds. The number of nitrogens with zero attached hydrogens (tertiary/aromatic N) is 3. The van der Waals surface area contributed by atoms with Crippen molar-refractivity contribution in [1.82, 2.24) is 15.1 Å². The van der Waals surface area contributed by atoms with E-state index in [1.165, 1.54) is 17.7 Å². The van der Waals surface area contributed by atoms with Gasteiger partial charge in [-0.05, 0) is 68.0 Å². The van der Waals surface area contributed by atoms with Crippen LogP contribution in [-0.4, -0.2) is 77.7 Å². The lowest BCUT2D eigenvalue weighted by molar-refractivity contribution is -0.138. The third-order valence-electron chi connectivity index (χ3n) is 7.90. The fraction of sp³-hybridized carbons (Fsp3) is 0.467. The van der Waals surface area contributed by atoms with E-state index in [4.69, 9.17) is 0 Å². The van der Waals surface area contributed by atoms with Gasteiger partial charge < -0.3 is 25.3 Å². The molecule has 3 saturated heterocycles. The number of benzene rings is 2. The fourth-order valence-corrected chi connectivity index (χ4v) is 5.99. The number of amides is 4. The second-order valence-electron chi connectivity index (χ2n) is 11.1. The van der Waals surface area contributed by atoms with Crippen LogP contribution in [0, 0.1) is 5.92 Å². The van der Waals surface area contributed by atoms with Crippen LogP contribution in [-0.2, 0) is 9.59 Å². The summed E-state index contributed by atoms with van der Waals surface area (Å²) in [6, 6.07) is 14.4. The predicted molar refractivity (Wildman–Crippen MR) is 150 cm³/mol. The number of ketones is 1. The van der Waals surface area contributed by atoms with Gasteiger partial charge >= 0.3 is 6.03 Å². The number of rotatable bonds is 7. The molecule has 2 aromatic carbocycles. The van der Waals surface area contributed by atoms with Gasteiger partial charge in [0, 0.05) is 36.6 Å². The quantitative estimate of drug-likeness (QED) is 0.569. The number of anilines is 2. The third kappa shape index (κ3) is 5.77. The van der Waals surface area contributed by atoms with Crippen molar-refractivity contribution < 1.29 is 19.2 Å². The van der Waals surface area contributed by atoms with Crippen LogP contribution in [0.4, 0.5) is 16.2 Å². The molecule has 2 aromatic rings. The number of hydrogen-bond acceptors (Lipinski definition) is 5. The van der Waals surface area contributed by atoms with Crippen LogP contribution in [0.3, 0.4) is 0 Å². The molecular weight excluding hydrogens is 494 g/mol. The zero-order valence-corrected chi connectivity index (χ0v) is 22.6. The van der Waals surface area contributed by atoms with E-state index in [9.17, 15) is 19.2 Å². The summed E-state index contributed by atoms with van der Waals surface area (Å²) < 4.78 is 0. The molecule has 0 aromatic heterocycles. The normalized spacial score (nSPS) is 21.3. The van der Waals surface area contributed by atoms with E-state index in [2.05, 4.69) is 15.5 Å². The average Bonchev–Trinajstić information content (AvgIpc) is 3.68.